The second-order valence-electron chi connectivity index (χ2n) is 7.80. The Morgan fingerprint density at radius 3 is 1.76 bits per heavy atom. The van der Waals surface area contributed by atoms with Crippen LogP contribution < -0.4 is 0 Å². The molecule has 1 aromatic carbocycles. The van der Waals surface area contributed by atoms with Gasteiger partial charge in [0.05, 0.1) is 13.0 Å². The monoisotopic (exact) mass is 292 g/mol. The van der Waals surface area contributed by atoms with Crippen molar-refractivity contribution in [2.75, 3.05) is 7.11 Å². The molecule has 0 aromatic heterocycles. The van der Waals surface area contributed by atoms with Crippen molar-refractivity contribution in [3.05, 3.63) is 29.8 Å². The molecule has 0 heterocycles. The number of benzene rings is 1. The summed E-state index contributed by atoms with van der Waals surface area (Å²) in [4.78, 5) is 12.4. The van der Waals surface area contributed by atoms with Gasteiger partial charge in [0.15, 0.2) is 0 Å². The molecule has 1 rings (SSSR count). The molecule has 0 fully saturated rings. The summed E-state index contributed by atoms with van der Waals surface area (Å²) in [6.45, 7) is 12.9. The molecule has 0 aliphatic heterocycles. The highest BCUT2D eigenvalue weighted by molar-refractivity contribution is 5.78. The lowest BCUT2D eigenvalue weighted by atomic mass is 9.60. The SMILES string of the molecule is COC(=O)C(c1ccc(O)cc1)C(C(C)(C)C)C(C)(C)C. The van der Waals surface area contributed by atoms with E-state index in [-0.39, 0.29) is 34.4 Å². The molecule has 0 aliphatic rings. The van der Waals surface area contributed by atoms with E-state index in [2.05, 4.69) is 41.5 Å². The number of esters is 1. The van der Waals surface area contributed by atoms with E-state index in [0.717, 1.165) is 5.56 Å². The highest BCUT2D eigenvalue weighted by Gasteiger charge is 2.44. The predicted molar refractivity (Wildman–Crippen MR) is 85.3 cm³/mol. The largest absolute Gasteiger partial charge is 0.508 e. The van der Waals surface area contributed by atoms with E-state index >= 15 is 0 Å². The van der Waals surface area contributed by atoms with Gasteiger partial charge < -0.3 is 9.84 Å². The standard InChI is InChI=1S/C18H28O3/c1-17(2,3)15(18(4,5)6)14(16(20)21-7)12-8-10-13(19)11-9-12/h8-11,14-15,19H,1-7H3. The van der Waals surface area contributed by atoms with Crippen LogP contribution in [0.25, 0.3) is 0 Å². The molecule has 0 spiro atoms. The van der Waals surface area contributed by atoms with E-state index in [0.29, 0.717) is 0 Å². The summed E-state index contributed by atoms with van der Waals surface area (Å²) in [6, 6.07) is 6.85. The van der Waals surface area contributed by atoms with Crippen molar-refractivity contribution in [3.8, 4) is 5.75 Å². The smallest absolute Gasteiger partial charge is 0.313 e. The van der Waals surface area contributed by atoms with Gasteiger partial charge in [0.25, 0.3) is 0 Å². The first-order valence-corrected chi connectivity index (χ1v) is 7.35. The lowest BCUT2D eigenvalue weighted by molar-refractivity contribution is -0.147. The van der Waals surface area contributed by atoms with Gasteiger partial charge in [-0.25, -0.2) is 0 Å². The van der Waals surface area contributed by atoms with E-state index in [9.17, 15) is 9.90 Å². The van der Waals surface area contributed by atoms with Crippen molar-refractivity contribution in [1.82, 2.24) is 0 Å². The number of hydrogen-bond donors (Lipinski definition) is 1. The molecule has 1 aromatic rings. The molecule has 0 saturated heterocycles. The number of phenolic OH excluding ortho intramolecular Hbond substituents is 1. The number of carbonyl (C=O) groups is 1. The summed E-state index contributed by atoms with van der Waals surface area (Å²) < 4.78 is 5.07. The minimum Gasteiger partial charge on any atom is -0.508 e. The quantitative estimate of drug-likeness (QED) is 0.842. The highest BCUT2D eigenvalue weighted by atomic mass is 16.5. The molecule has 118 valence electrons. The second-order valence-corrected chi connectivity index (χ2v) is 7.80. The van der Waals surface area contributed by atoms with Crippen LogP contribution in [-0.4, -0.2) is 18.2 Å². The summed E-state index contributed by atoms with van der Waals surface area (Å²) in [5, 5.41) is 9.48. The van der Waals surface area contributed by atoms with Crippen molar-refractivity contribution in [1.29, 1.82) is 0 Å². The van der Waals surface area contributed by atoms with Crippen LogP contribution in [0.1, 0.15) is 53.0 Å². The van der Waals surface area contributed by atoms with Gasteiger partial charge in [0, 0.05) is 0 Å². The maximum Gasteiger partial charge on any atom is 0.313 e. The first-order chi connectivity index (χ1) is 9.48. The number of methoxy groups -OCH3 is 1. The fraction of sp³-hybridized carbons (Fsp3) is 0.611. The van der Waals surface area contributed by atoms with Crippen LogP contribution in [0.5, 0.6) is 5.75 Å². The van der Waals surface area contributed by atoms with Gasteiger partial charge in [-0.15, -0.1) is 0 Å². The molecule has 0 bridgehead atoms. The Labute approximate surface area is 128 Å². The zero-order valence-corrected chi connectivity index (χ0v) is 14.2. The Bertz CT molecular complexity index is 461. The van der Waals surface area contributed by atoms with Crippen LogP contribution in [0.15, 0.2) is 24.3 Å². The zero-order valence-electron chi connectivity index (χ0n) is 14.2. The molecule has 1 unspecified atom stereocenters. The summed E-state index contributed by atoms with van der Waals surface area (Å²) in [7, 11) is 1.43. The van der Waals surface area contributed by atoms with Crippen molar-refractivity contribution in [2.24, 2.45) is 16.7 Å². The van der Waals surface area contributed by atoms with E-state index in [1.54, 1.807) is 24.3 Å². The summed E-state index contributed by atoms with van der Waals surface area (Å²) in [5.41, 5.74) is 0.763. The van der Waals surface area contributed by atoms with Crippen LogP contribution in [0.4, 0.5) is 0 Å². The number of phenols is 1. The van der Waals surface area contributed by atoms with Crippen LogP contribution in [0.2, 0.25) is 0 Å². The average molecular weight is 292 g/mol. The first-order valence-electron chi connectivity index (χ1n) is 7.35. The number of rotatable bonds is 3. The van der Waals surface area contributed by atoms with E-state index in [1.807, 2.05) is 0 Å². The molecule has 3 heteroatoms. The van der Waals surface area contributed by atoms with Crippen molar-refractivity contribution in [3.63, 3.8) is 0 Å². The molecule has 0 radical (unpaired) electrons. The second kappa shape index (κ2) is 6.08. The fourth-order valence-electron chi connectivity index (χ4n) is 3.57. The minimum atomic E-state index is -0.351. The van der Waals surface area contributed by atoms with Crippen LogP contribution in [0, 0.1) is 16.7 Å². The maximum atomic E-state index is 12.4. The molecule has 21 heavy (non-hydrogen) atoms. The van der Waals surface area contributed by atoms with Gasteiger partial charge in [-0.2, -0.15) is 0 Å². The van der Waals surface area contributed by atoms with Gasteiger partial charge in [0.1, 0.15) is 5.75 Å². The Kier molecular flexibility index (Phi) is 5.08. The third-order valence-corrected chi connectivity index (χ3v) is 3.91. The normalized spacial score (nSPS) is 14.1. The first kappa shape index (κ1) is 17.5. The predicted octanol–water partition coefficient (Wildman–Crippen LogP) is 4.36. The molecule has 1 atom stereocenters. The number of ether oxygens (including phenoxy) is 1. The van der Waals surface area contributed by atoms with Crippen LogP contribution in [0.3, 0.4) is 0 Å². The Morgan fingerprint density at radius 2 is 1.43 bits per heavy atom. The number of aromatic hydroxyl groups is 1. The van der Waals surface area contributed by atoms with Crippen molar-refractivity contribution < 1.29 is 14.6 Å². The minimum absolute atomic E-state index is 0.0605. The lowest BCUT2D eigenvalue weighted by Crippen LogP contribution is -2.40. The molecule has 1 N–H and O–H groups in total. The average Bonchev–Trinajstić information content (AvgIpc) is 2.33. The van der Waals surface area contributed by atoms with Gasteiger partial charge >= 0.3 is 5.97 Å². The van der Waals surface area contributed by atoms with Gasteiger partial charge in [0.2, 0.25) is 0 Å². The number of carbonyl (C=O) groups excluding carboxylic acids is 1. The Morgan fingerprint density at radius 1 is 1.00 bits per heavy atom. The molecule has 0 amide bonds. The van der Waals surface area contributed by atoms with E-state index in [1.165, 1.54) is 7.11 Å². The zero-order chi connectivity index (χ0) is 16.4. The summed E-state index contributed by atoms with van der Waals surface area (Å²) >= 11 is 0. The fourth-order valence-corrected chi connectivity index (χ4v) is 3.57. The summed E-state index contributed by atoms with van der Waals surface area (Å²) in [6.07, 6.45) is 0. The van der Waals surface area contributed by atoms with Gasteiger partial charge in [-0.05, 0) is 34.4 Å². The van der Waals surface area contributed by atoms with Gasteiger partial charge in [-0.1, -0.05) is 53.7 Å². The Balaban J connectivity index is 3.41. The lowest BCUT2D eigenvalue weighted by Gasteiger charge is -2.44. The Hall–Kier alpha value is -1.51. The maximum absolute atomic E-state index is 12.4. The third kappa shape index (κ3) is 4.23. The molecule has 3 nitrogen and oxygen atoms in total. The van der Waals surface area contributed by atoms with E-state index in [4.69, 9.17) is 4.74 Å². The molecule has 0 saturated carbocycles. The van der Waals surface area contributed by atoms with Crippen molar-refractivity contribution in [2.45, 2.75) is 47.5 Å². The van der Waals surface area contributed by atoms with Crippen molar-refractivity contribution >= 4 is 5.97 Å². The topological polar surface area (TPSA) is 46.5 Å². The highest BCUT2D eigenvalue weighted by Crippen LogP contribution is 2.49. The molecule has 0 aliphatic carbocycles. The molecular formula is C18H28O3. The third-order valence-electron chi connectivity index (χ3n) is 3.91. The summed E-state index contributed by atoms with van der Waals surface area (Å²) in [5.74, 6) is -0.279. The van der Waals surface area contributed by atoms with Crippen LogP contribution >= 0.6 is 0 Å². The number of hydrogen-bond acceptors (Lipinski definition) is 3. The van der Waals surface area contributed by atoms with Crippen LogP contribution in [-0.2, 0) is 9.53 Å². The molecular weight excluding hydrogens is 264 g/mol. The van der Waals surface area contributed by atoms with Gasteiger partial charge in [-0.3, -0.25) is 4.79 Å². The van der Waals surface area contributed by atoms with E-state index < -0.39 is 0 Å².